The second-order valence-corrected chi connectivity index (χ2v) is 11.4. The monoisotopic (exact) mass is 626 g/mol. The van der Waals surface area contributed by atoms with E-state index >= 15 is 0 Å². The summed E-state index contributed by atoms with van der Waals surface area (Å²) in [5.41, 5.74) is 2.99. The zero-order valence-corrected chi connectivity index (χ0v) is 26.6. The molecule has 3 rings (SSSR count). The van der Waals surface area contributed by atoms with Crippen molar-refractivity contribution in [3.63, 3.8) is 0 Å². The summed E-state index contributed by atoms with van der Waals surface area (Å²) in [5.74, 6) is -1.44. The number of esters is 1. The van der Waals surface area contributed by atoms with Crippen molar-refractivity contribution in [3.05, 3.63) is 127 Å². The number of rotatable bonds is 20. The van der Waals surface area contributed by atoms with Gasteiger partial charge in [0.1, 0.15) is 19.0 Å². The first-order valence-electron chi connectivity index (χ1n) is 15.7. The van der Waals surface area contributed by atoms with Crippen molar-refractivity contribution in [1.29, 1.82) is 0 Å². The number of amides is 2. The highest BCUT2D eigenvalue weighted by Crippen LogP contribution is 2.18. The van der Waals surface area contributed by atoms with Crippen LogP contribution in [0, 0.1) is 11.8 Å². The van der Waals surface area contributed by atoms with Crippen molar-refractivity contribution in [3.8, 4) is 5.75 Å². The highest BCUT2D eigenvalue weighted by molar-refractivity contribution is 5.86. The molecule has 0 spiro atoms. The van der Waals surface area contributed by atoms with E-state index in [-0.39, 0.29) is 43.8 Å². The van der Waals surface area contributed by atoms with Gasteiger partial charge in [-0.3, -0.25) is 14.4 Å². The summed E-state index contributed by atoms with van der Waals surface area (Å²) in [4.78, 5) is 39.2. The molecular formula is C38H46N2O6. The largest absolute Gasteiger partial charge is 0.489 e. The molecule has 0 saturated carbocycles. The summed E-state index contributed by atoms with van der Waals surface area (Å²) >= 11 is 0. The van der Waals surface area contributed by atoms with Crippen LogP contribution in [0.5, 0.6) is 5.75 Å². The van der Waals surface area contributed by atoms with Crippen molar-refractivity contribution in [2.45, 2.75) is 57.7 Å². The Morgan fingerprint density at radius 2 is 1.37 bits per heavy atom. The Morgan fingerprint density at radius 3 is 1.98 bits per heavy atom. The molecule has 3 aromatic carbocycles. The highest BCUT2D eigenvalue weighted by Gasteiger charge is 2.26. The second-order valence-electron chi connectivity index (χ2n) is 11.4. The number of aliphatic hydroxyl groups is 1. The van der Waals surface area contributed by atoms with E-state index < -0.39 is 23.9 Å². The molecule has 0 aliphatic heterocycles. The van der Waals surface area contributed by atoms with Crippen molar-refractivity contribution < 1.29 is 29.0 Å². The van der Waals surface area contributed by atoms with E-state index in [1.807, 2.05) is 84.9 Å². The number of ether oxygens (including phenoxy) is 2. The molecule has 0 bridgehead atoms. The summed E-state index contributed by atoms with van der Waals surface area (Å²) in [6.45, 7) is 9.43. The van der Waals surface area contributed by atoms with Crippen LogP contribution in [-0.2, 0) is 38.6 Å². The van der Waals surface area contributed by atoms with Crippen LogP contribution in [0.25, 0.3) is 0 Å². The lowest BCUT2D eigenvalue weighted by molar-refractivity contribution is -0.149. The van der Waals surface area contributed by atoms with E-state index in [1.54, 1.807) is 19.1 Å². The Morgan fingerprint density at radius 1 is 0.783 bits per heavy atom. The van der Waals surface area contributed by atoms with E-state index in [1.165, 1.54) is 0 Å². The molecule has 0 aliphatic rings. The lowest BCUT2D eigenvalue weighted by Crippen LogP contribution is -2.45. The number of aliphatic hydroxyl groups excluding tert-OH is 1. The van der Waals surface area contributed by atoms with Crippen molar-refractivity contribution >= 4 is 17.8 Å². The summed E-state index contributed by atoms with van der Waals surface area (Å²) < 4.78 is 11.7. The number of allylic oxidation sites excluding steroid dienone is 2. The summed E-state index contributed by atoms with van der Waals surface area (Å²) in [6, 6.07) is 26.2. The molecule has 244 valence electrons. The molecule has 2 amide bonds. The number of carbonyl (C=O) groups excluding carboxylic acids is 3. The van der Waals surface area contributed by atoms with Gasteiger partial charge in [0, 0.05) is 12.5 Å². The average Bonchev–Trinajstić information content (AvgIpc) is 3.07. The maximum absolute atomic E-state index is 13.5. The Hall–Kier alpha value is -4.69. The van der Waals surface area contributed by atoms with Gasteiger partial charge in [-0.2, -0.15) is 0 Å². The molecule has 4 atom stereocenters. The van der Waals surface area contributed by atoms with Crippen LogP contribution in [0.15, 0.2) is 110 Å². The molecule has 8 heteroatoms. The fourth-order valence-corrected chi connectivity index (χ4v) is 4.97. The molecule has 3 aromatic rings. The van der Waals surface area contributed by atoms with Crippen LogP contribution in [0.2, 0.25) is 0 Å². The van der Waals surface area contributed by atoms with E-state index in [0.717, 1.165) is 16.7 Å². The molecule has 0 heterocycles. The summed E-state index contributed by atoms with van der Waals surface area (Å²) in [7, 11) is 0. The van der Waals surface area contributed by atoms with Crippen molar-refractivity contribution in [2.75, 3.05) is 13.2 Å². The van der Waals surface area contributed by atoms with Crippen LogP contribution in [-0.4, -0.2) is 48.2 Å². The maximum Gasteiger partial charge on any atom is 0.309 e. The van der Waals surface area contributed by atoms with E-state index in [0.29, 0.717) is 31.6 Å². The standard InChI is InChI=1S/C38H46N2O6/c1-4-12-32(24-36(42)39-28(3)25-41)37(43)40-34(27-46-38(44)33(13-5-2)22-29-14-8-6-9-15-29)23-30-18-20-35(21-19-30)45-26-31-16-10-7-11-17-31/h4-11,14-21,28,32-34,41H,1-2,12-13,22-27H2,3H3,(H,39,42)(H,40,43). The third-order valence-electron chi connectivity index (χ3n) is 7.47. The summed E-state index contributed by atoms with van der Waals surface area (Å²) in [6.07, 6.45) is 4.87. The van der Waals surface area contributed by atoms with Crippen LogP contribution in [0.4, 0.5) is 0 Å². The van der Waals surface area contributed by atoms with Gasteiger partial charge in [-0.1, -0.05) is 84.9 Å². The quantitative estimate of drug-likeness (QED) is 0.115. The molecule has 0 radical (unpaired) electrons. The molecule has 0 saturated heterocycles. The Labute approximate surface area is 272 Å². The molecule has 4 unspecified atom stereocenters. The molecule has 0 fully saturated rings. The predicted molar refractivity (Wildman–Crippen MR) is 180 cm³/mol. The van der Waals surface area contributed by atoms with Gasteiger partial charge >= 0.3 is 5.97 Å². The smallest absolute Gasteiger partial charge is 0.309 e. The zero-order chi connectivity index (χ0) is 33.1. The molecule has 3 N–H and O–H groups in total. The Balaban J connectivity index is 1.71. The minimum absolute atomic E-state index is 0.0478. The minimum Gasteiger partial charge on any atom is -0.489 e. The number of hydrogen-bond donors (Lipinski definition) is 3. The van der Waals surface area contributed by atoms with E-state index in [2.05, 4.69) is 23.8 Å². The first-order chi connectivity index (χ1) is 22.3. The van der Waals surface area contributed by atoms with Crippen molar-refractivity contribution in [2.24, 2.45) is 11.8 Å². The lowest BCUT2D eigenvalue weighted by Gasteiger charge is -2.24. The van der Waals surface area contributed by atoms with E-state index in [4.69, 9.17) is 9.47 Å². The fourth-order valence-electron chi connectivity index (χ4n) is 4.97. The van der Waals surface area contributed by atoms with Crippen LogP contribution in [0.1, 0.15) is 42.9 Å². The summed E-state index contributed by atoms with van der Waals surface area (Å²) in [5, 5.41) is 15.0. The van der Waals surface area contributed by atoms with Crippen LogP contribution >= 0.6 is 0 Å². The number of benzene rings is 3. The van der Waals surface area contributed by atoms with Gasteiger partial charge in [0.25, 0.3) is 0 Å². The average molecular weight is 627 g/mol. The topological polar surface area (TPSA) is 114 Å². The van der Waals surface area contributed by atoms with Gasteiger partial charge in [0.05, 0.1) is 24.5 Å². The highest BCUT2D eigenvalue weighted by atomic mass is 16.5. The minimum atomic E-state index is -0.679. The maximum atomic E-state index is 13.5. The molecule has 0 aromatic heterocycles. The lowest BCUT2D eigenvalue weighted by atomic mass is 9.96. The van der Waals surface area contributed by atoms with Gasteiger partial charge in [-0.15, -0.1) is 13.2 Å². The first-order valence-corrected chi connectivity index (χ1v) is 15.7. The molecule has 8 nitrogen and oxygen atoms in total. The van der Waals surface area contributed by atoms with Crippen LogP contribution < -0.4 is 15.4 Å². The molecule has 0 aliphatic carbocycles. The normalized spacial score (nSPS) is 13.3. The second kappa shape index (κ2) is 19.6. The Kier molecular flexibility index (Phi) is 15.3. The van der Waals surface area contributed by atoms with Crippen LogP contribution in [0.3, 0.4) is 0 Å². The first kappa shape index (κ1) is 35.8. The SMILES string of the molecule is C=CCC(CC(=O)NC(C)CO)C(=O)NC(COC(=O)C(CC=C)Cc1ccccc1)Cc1ccc(OCc2ccccc2)cc1. The number of nitrogens with one attached hydrogen (secondary N) is 2. The third-order valence-corrected chi connectivity index (χ3v) is 7.47. The molecule has 46 heavy (non-hydrogen) atoms. The third kappa shape index (κ3) is 12.7. The molecular weight excluding hydrogens is 580 g/mol. The van der Waals surface area contributed by atoms with Gasteiger partial charge in [-0.25, -0.2) is 0 Å². The van der Waals surface area contributed by atoms with Gasteiger partial charge in [0.15, 0.2) is 0 Å². The Bertz CT molecular complexity index is 1380. The van der Waals surface area contributed by atoms with E-state index in [9.17, 15) is 19.5 Å². The fraction of sp³-hybridized carbons (Fsp3) is 0.342. The van der Waals surface area contributed by atoms with Gasteiger partial charge < -0.3 is 25.2 Å². The number of hydrogen-bond acceptors (Lipinski definition) is 6. The number of carbonyl (C=O) groups is 3. The van der Waals surface area contributed by atoms with Gasteiger partial charge in [-0.05, 0) is 61.4 Å². The van der Waals surface area contributed by atoms with Gasteiger partial charge in [0.2, 0.25) is 11.8 Å². The predicted octanol–water partition coefficient (Wildman–Crippen LogP) is 5.35. The zero-order valence-electron chi connectivity index (χ0n) is 26.6. The van der Waals surface area contributed by atoms with Crippen molar-refractivity contribution in [1.82, 2.24) is 10.6 Å².